The molecule has 0 spiro atoms. The van der Waals surface area contributed by atoms with Crippen LogP contribution in [0.15, 0.2) is 36.8 Å². The lowest BCUT2D eigenvalue weighted by atomic mass is 10.2. The largest absolute Gasteiger partial charge is 0.306 e. The third kappa shape index (κ3) is 1.22. The first-order chi connectivity index (χ1) is 7.34. The molecule has 0 saturated heterocycles. The Morgan fingerprint density at radius 3 is 3.00 bits per heavy atom. The van der Waals surface area contributed by atoms with E-state index in [1.165, 1.54) is 0 Å². The number of nitrogens with zero attached hydrogens (tertiary/aromatic N) is 3. The standard InChI is InChI=1S/C11H10N4/c1-8-9(6-12-14-8)10-7-15-5-3-2-4-11(15)13-10/h2-7H,1H3,(H,12,14). The van der Waals surface area contributed by atoms with Crippen molar-refractivity contribution in [2.75, 3.05) is 0 Å². The van der Waals surface area contributed by atoms with E-state index in [-0.39, 0.29) is 0 Å². The minimum absolute atomic E-state index is 0.951. The zero-order valence-electron chi connectivity index (χ0n) is 8.31. The summed E-state index contributed by atoms with van der Waals surface area (Å²) >= 11 is 0. The fraction of sp³-hybridized carbons (Fsp3) is 0.0909. The maximum atomic E-state index is 4.52. The van der Waals surface area contributed by atoms with Crippen molar-refractivity contribution >= 4 is 5.65 Å². The van der Waals surface area contributed by atoms with Crippen LogP contribution in [0.4, 0.5) is 0 Å². The Kier molecular flexibility index (Phi) is 1.62. The van der Waals surface area contributed by atoms with Gasteiger partial charge in [0.1, 0.15) is 5.65 Å². The summed E-state index contributed by atoms with van der Waals surface area (Å²) in [5.74, 6) is 0. The quantitative estimate of drug-likeness (QED) is 0.650. The van der Waals surface area contributed by atoms with Crippen LogP contribution in [0.2, 0.25) is 0 Å². The molecule has 0 saturated carbocycles. The molecule has 0 unspecified atom stereocenters. The van der Waals surface area contributed by atoms with E-state index in [2.05, 4.69) is 15.2 Å². The third-order valence-electron chi connectivity index (χ3n) is 2.47. The van der Waals surface area contributed by atoms with E-state index in [1.807, 2.05) is 41.9 Å². The van der Waals surface area contributed by atoms with Gasteiger partial charge in [-0.25, -0.2) is 4.98 Å². The van der Waals surface area contributed by atoms with E-state index in [1.54, 1.807) is 6.20 Å². The molecule has 0 fully saturated rings. The van der Waals surface area contributed by atoms with E-state index in [9.17, 15) is 0 Å². The van der Waals surface area contributed by atoms with Crippen molar-refractivity contribution in [2.45, 2.75) is 6.92 Å². The highest BCUT2D eigenvalue weighted by Crippen LogP contribution is 2.20. The molecule has 74 valence electrons. The van der Waals surface area contributed by atoms with Crippen LogP contribution in [0.1, 0.15) is 5.69 Å². The first kappa shape index (κ1) is 8.23. The van der Waals surface area contributed by atoms with Gasteiger partial charge in [-0.15, -0.1) is 0 Å². The van der Waals surface area contributed by atoms with Crippen molar-refractivity contribution in [1.29, 1.82) is 0 Å². The molecule has 0 aliphatic rings. The van der Waals surface area contributed by atoms with E-state index < -0.39 is 0 Å². The molecule has 0 aromatic carbocycles. The molecule has 0 bridgehead atoms. The van der Waals surface area contributed by atoms with Crippen LogP contribution in [0.3, 0.4) is 0 Å². The van der Waals surface area contributed by atoms with Crippen LogP contribution in [0, 0.1) is 6.92 Å². The average molecular weight is 198 g/mol. The molecule has 0 aliphatic heterocycles. The number of rotatable bonds is 1. The number of H-pyrrole nitrogens is 1. The molecular weight excluding hydrogens is 188 g/mol. The van der Waals surface area contributed by atoms with Crippen LogP contribution >= 0.6 is 0 Å². The van der Waals surface area contributed by atoms with Crippen molar-refractivity contribution in [3.63, 3.8) is 0 Å². The predicted octanol–water partition coefficient (Wildman–Crippen LogP) is 2.03. The van der Waals surface area contributed by atoms with Crippen molar-refractivity contribution in [1.82, 2.24) is 19.6 Å². The van der Waals surface area contributed by atoms with Crippen molar-refractivity contribution in [3.05, 3.63) is 42.5 Å². The van der Waals surface area contributed by atoms with Gasteiger partial charge in [-0.05, 0) is 19.1 Å². The second-order valence-electron chi connectivity index (χ2n) is 3.50. The lowest BCUT2D eigenvalue weighted by Crippen LogP contribution is -1.77. The number of nitrogens with one attached hydrogen (secondary N) is 1. The summed E-state index contributed by atoms with van der Waals surface area (Å²) in [6.07, 6.45) is 5.80. The first-order valence-electron chi connectivity index (χ1n) is 4.79. The third-order valence-corrected chi connectivity index (χ3v) is 2.47. The molecule has 4 heteroatoms. The first-order valence-corrected chi connectivity index (χ1v) is 4.79. The predicted molar refractivity (Wildman–Crippen MR) is 57.5 cm³/mol. The van der Waals surface area contributed by atoms with Gasteiger partial charge >= 0.3 is 0 Å². The van der Waals surface area contributed by atoms with Gasteiger partial charge in [0.2, 0.25) is 0 Å². The van der Waals surface area contributed by atoms with Crippen molar-refractivity contribution in [3.8, 4) is 11.3 Å². The van der Waals surface area contributed by atoms with Gasteiger partial charge in [-0.3, -0.25) is 5.10 Å². The molecule has 15 heavy (non-hydrogen) atoms. The minimum atomic E-state index is 0.951. The average Bonchev–Trinajstić information content (AvgIpc) is 2.82. The van der Waals surface area contributed by atoms with Gasteiger partial charge in [-0.1, -0.05) is 6.07 Å². The smallest absolute Gasteiger partial charge is 0.137 e. The molecule has 0 aliphatic carbocycles. The molecule has 0 atom stereocenters. The normalized spacial score (nSPS) is 11.0. The molecule has 3 rings (SSSR count). The van der Waals surface area contributed by atoms with E-state index >= 15 is 0 Å². The van der Waals surface area contributed by atoms with Crippen LogP contribution in [0.5, 0.6) is 0 Å². The SMILES string of the molecule is Cc1[nH]ncc1-c1cn2ccccc2n1. The Bertz CT molecular complexity index is 573. The van der Waals surface area contributed by atoms with E-state index in [4.69, 9.17) is 0 Å². The molecule has 0 radical (unpaired) electrons. The molecule has 3 heterocycles. The summed E-state index contributed by atoms with van der Waals surface area (Å²) in [7, 11) is 0. The molecular formula is C11H10N4. The van der Waals surface area contributed by atoms with Gasteiger partial charge in [0.25, 0.3) is 0 Å². The summed E-state index contributed by atoms with van der Waals surface area (Å²) in [6, 6.07) is 5.95. The second kappa shape index (κ2) is 2.95. The van der Waals surface area contributed by atoms with E-state index in [0.29, 0.717) is 0 Å². The molecule has 0 amide bonds. The summed E-state index contributed by atoms with van der Waals surface area (Å²) in [6.45, 7) is 1.99. The number of hydrogen-bond donors (Lipinski definition) is 1. The highest BCUT2D eigenvalue weighted by molar-refractivity contribution is 5.63. The highest BCUT2D eigenvalue weighted by atomic mass is 15.1. The fourth-order valence-electron chi connectivity index (χ4n) is 1.67. The van der Waals surface area contributed by atoms with Crippen LogP contribution in [-0.4, -0.2) is 19.6 Å². The number of imidazole rings is 1. The topological polar surface area (TPSA) is 46.0 Å². The number of aromatic nitrogens is 4. The lowest BCUT2D eigenvalue weighted by molar-refractivity contribution is 1.05. The van der Waals surface area contributed by atoms with Gasteiger partial charge in [0.05, 0.1) is 11.9 Å². The molecule has 3 aromatic rings. The summed E-state index contributed by atoms with van der Waals surface area (Å²) < 4.78 is 2.00. The Hall–Kier alpha value is -2.10. The minimum Gasteiger partial charge on any atom is -0.306 e. The van der Waals surface area contributed by atoms with Gasteiger partial charge < -0.3 is 4.40 Å². The van der Waals surface area contributed by atoms with Gasteiger partial charge in [0, 0.05) is 23.7 Å². The Balaban J connectivity index is 2.24. The lowest BCUT2D eigenvalue weighted by Gasteiger charge is -1.89. The summed E-state index contributed by atoms with van der Waals surface area (Å²) in [4.78, 5) is 4.52. The van der Waals surface area contributed by atoms with E-state index in [0.717, 1.165) is 22.6 Å². The van der Waals surface area contributed by atoms with Crippen molar-refractivity contribution < 1.29 is 0 Å². The maximum absolute atomic E-state index is 4.52. The molecule has 1 N–H and O–H groups in total. The number of fused-ring (bicyclic) bond motifs is 1. The zero-order chi connectivity index (χ0) is 10.3. The number of aryl methyl sites for hydroxylation is 1. The Labute approximate surface area is 86.6 Å². The monoisotopic (exact) mass is 198 g/mol. The van der Waals surface area contributed by atoms with Gasteiger partial charge in [-0.2, -0.15) is 5.10 Å². The number of hydrogen-bond acceptors (Lipinski definition) is 2. The molecule has 4 nitrogen and oxygen atoms in total. The zero-order valence-corrected chi connectivity index (χ0v) is 8.31. The van der Waals surface area contributed by atoms with Crippen LogP contribution in [-0.2, 0) is 0 Å². The van der Waals surface area contributed by atoms with Gasteiger partial charge in [0.15, 0.2) is 0 Å². The Morgan fingerprint density at radius 1 is 1.33 bits per heavy atom. The summed E-state index contributed by atoms with van der Waals surface area (Å²) in [5, 5.41) is 6.91. The number of aromatic amines is 1. The van der Waals surface area contributed by atoms with Crippen LogP contribution in [0.25, 0.3) is 16.9 Å². The Morgan fingerprint density at radius 2 is 2.27 bits per heavy atom. The summed E-state index contributed by atoms with van der Waals surface area (Å²) in [5.41, 5.74) is 4.00. The second-order valence-corrected chi connectivity index (χ2v) is 3.50. The fourth-order valence-corrected chi connectivity index (χ4v) is 1.67. The number of pyridine rings is 1. The molecule has 3 aromatic heterocycles. The van der Waals surface area contributed by atoms with Crippen LogP contribution < -0.4 is 0 Å². The van der Waals surface area contributed by atoms with Crippen molar-refractivity contribution in [2.24, 2.45) is 0 Å². The maximum Gasteiger partial charge on any atom is 0.137 e. The highest BCUT2D eigenvalue weighted by Gasteiger charge is 2.07.